The van der Waals surface area contributed by atoms with Gasteiger partial charge in [-0.05, 0) is 12.1 Å². The average Bonchev–Trinajstić information content (AvgIpc) is 2.27. The first-order valence-electron chi connectivity index (χ1n) is 4.38. The Hall–Kier alpha value is -2.34. The molecule has 0 radical (unpaired) electrons. The van der Waals surface area contributed by atoms with Gasteiger partial charge in [0, 0.05) is 5.39 Å². The summed E-state index contributed by atoms with van der Waals surface area (Å²) in [5.74, 6) is 1.90. The highest BCUT2D eigenvalue weighted by Crippen LogP contribution is 2.17. The van der Waals surface area contributed by atoms with Crippen LogP contribution in [0.4, 0.5) is 0 Å². The summed E-state index contributed by atoms with van der Waals surface area (Å²) in [6.07, 6.45) is 5.25. The molecule has 0 atom stereocenters. The van der Waals surface area contributed by atoms with E-state index in [0.717, 1.165) is 5.39 Å². The van der Waals surface area contributed by atoms with Gasteiger partial charge in [0.1, 0.15) is 5.69 Å². The Labute approximate surface area is 86.9 Å². The van der Waals surface area contributed by atoms with E-state index in [9.17, 15) is 4.79 Å². The number of fused-ring (bicyclic) bond motifs is 1. The molecular formula is C12H8N2O. The minimum absolute atomic E-state index is 0.411. The molecule has 0 aliphatic carbocycles. The normalized spacial score (nSPS) is 9.80. The molecule has 2 rings (SSSR count). The van der Waals surface area contributed by atoms with Gasteiger partial charge in [-0.15, -0.1) is 6.42 Å². The van der Waals surface area contributed by atoms with Crippen LogP contribution in [0.1, 0.15) is 16.1 Å². The minimum atomic E-state index is -0.495. The SMILES string of the molecule is C#Cc1cc(C(N)=O)c2ccccc2n1. The van der Waals surface area contributed by atoms with Gasteiger partial charge in [-0.1, -0.05) is 24.1 Å². The smallest absolute Gasteiger partial charge is 0.249 e. The average molecular weight is 196 g/mol. The Bertz CT molecular complexity index is 582. The van der Waals surface area contributed by atoms with Gasteiger partial charge in [0.05, 0.1) is 11.1 Å². The molecule has 0 aliphatic heterocycles. The molecule has 0 fully saturated rings. The molecule has 72 valence electrons. The fourth-order valence-corrected chi connectivity index (χ4v) is 1.45. The van der Waals surface area contributed by atoms with Gasteiger partial charge in [-0.2, -0.15) is 0 Å². The lowest BCUT2D eigenvalue weighted by molar-refractivity contribution is 0.100. The third kappa shape index (κ3) is 1.53. The van der Waals surface area contributed by atoms with E-state index in [1.54, 1.807) is 12.1 Å². The zero-order chi connectivity index (χ0) is 10.8. The van der Waals surface area contributed by atoms with Crippen LogP contribution in [0, 0.1) is 12.3 Å². The van der Waals surface area contributed by atoms with Gasteiger partial charge in [0.2, 0.25) is 5.91 Å². The maximum absolute atomic E-state index is 11.2. The number of hydrogen-bond donors (Lipinski definition) is 1. The second kappa shape index (κ2) is 3.43. The fraction of sp³-hybridized carbons (Fsp3) is 0. The lowest BCUT2D eigenvalue weighted by Gasteiger charge is -2.03. The summed E-state index contributed by atoms with van der Waals surface area (Å²) < 4.78 is 0. The topological polar surface area (TPSA) is 56.0 Å². The number of benzene rings is 1. The number of hydrogen-bond acceptors (Lipinski definition) is 2. The van der Waals surface area contributed by atoms with Crippen molar-refractivity contribution in [3.05, 3.63) is 41.6 Å². The van der Waals surface area contributed by atoms with Gasteiger partial charge >= 0.3 is 0 Å². The molecule has 1 heterocycles. The number of carbonyl (C=O) groups is 1. The van der Waals surface area contributed by atoms with E-state index in [2.05, 4.69) is 10.9 Å². The Morgan fingerprint density at radius 2 is 2.13 bits per heavy atom. The number of rotatable bonds is 1. The van der Waals surface area contributed by atoms with Crippen LogP contribution < -0.4 is 5.73 Å². The lowest BCUT2D eigenvalue weighted by atomic mass is 10.1. The number of carbonyl (C=O) groups excluding carboxylic acids is 1. The number of primary amides is 1. The third-order valence-electron chi connectivity index (χ3n) is 2.13. The molecule has 0 spiro atoms. The van der Waals surface area contributed by atoms with Gasteiger partial charge in [-0.25, -0.2) is 4.98 Å². The van der Waals surface area contributed by atoms with Crippen molar-refractivity contribution in [1.29, 1.82) is 0 Å². The largest absolute Gasteiger partial charge is 0.366 e. The van der Waals surface area contributed by atoms with Crippen LogP contribution in [0.5, 0.6) is 0 Å². The molecular weight excluding hydrogens is 188 g/mol. The van der Waals surface area contributed by atoms with E-state index in [1.165, 1.54) is 6.07 Å². The molecule has 0 unspecified atom stereocenters. The van der Waals surface area contributed by atoms with Crippen LogP contribution in [-0.4, -0.2) is 10.9 Å². The Balaban J connectivity index is 2.88. The minimum Gasteiger partial charge on any atom is -0.366 e. The first-order valence-corrected chi connectivity index (χ1v) is 4.38. The van der Waals surface area contributed by atoms with Crippen molar-refractivity contribution in [3.8, 4) is 12.3 Å². The highest BCUT2D eigenvalue weighted by molar-refractivity contribution is 6.05. The molecule has 3 heteroatoms. The Morgan fingerprint density at radius 3 is 2.80 bits per heavy atom. The molecule has 0 aliphatic rings. The van der Waals surface area contributed by atoms with E-state index in [0.29, 0.717) is 16.8 Å². The molecule has 15 heavy (non-hydrogen) atoms. The molecule has 0 bridgehead atoms. The van der Waals surface area contributed by atoms with Crippen molar-refractivity contribution in [3.63, 3.8) is 0 Å². The van der Waals surface area contributed by atoms with E-state index in [1.807, 2.05) is 12.1 Å². The molecule has 1 amide bonds. The molecule has 1 aromatic carbocycles. The summed E-state index contributed by atoms with van der Waals surface area (Å²) in [7, 11) is 0. The number of pyridine rings is 1. The van der Waals surface area contributed by atoms with Crippen LogP contribution in [0.15, 0.2) is 30.3 Å². The quantitative estimate of drug-likeness (QED) is 0.699. The monoisotopic (exact) mass is 196 g/mol. The summed E-state index contributed by atoms with van der Waals surface area (Å²) in [6, 6.07) is 8.78. The summed E-state index contributed by atoms with van der Waals surface area (Å²) in [5, 5.41) is 0.726. The molecule has 3 nitrogen and oxygen atoms in total. The number of amides is 1. The van der Waals surface area contributed by atoms with Gasteiger partial charge in [-0.3, -0.25) is 4.79 Å². The van der Waals surface area contributed by atoms with Crippen molar-refractivity contribution in [2.24, 2.45) is 5.73 Å². The summed E-state index contributed by atoms with van der Waals surface area (Å²) in [5.41, 5.74) is 6.78. The van der Waals surface area contributed by atoms with Gasteiger partial charge in [0.25, 0.3) is 0 Å². The van der Waals surface area contributed by atoms with Crippen LogP contribution in [0.3, 0.4) is 0 Å². The van der Waals surface area contributed by atoms with E-state index in [4.69, 9.17) is 12.2 Å². The molecule has 0 saturated heterocycles. The molecule has 1 aromatic heterocycles. The van der Waals surface area contributed by atoms with Crippen LogP contribution in [0.2, 0.25) is 0 Å². The standard InChI is InChI=1S/C12H8N2O/c1-2-8-7-10(12(13)15)9-5-3-4-6-11(9)14-8/h1,3-7H,(H2,13,15). The Morgan fingerprint density at radius 1 is 1.40 bits per heavy atom. The second-order valence-electron chi connectivity index (χ2n) is 3.08. The summed E-state index contributed by atoms with van der Waals surface area (Å²) >= 11 is 0. The number of terminal acetylenes is 1. The van der Waals surface area contributed by atoms with Crippen LogP contribution >= 0.6 is 0 Å². The summed E-state index contributed by atoms with van der Waals surface area (Å²) in [6.45, 7) is 0. The van der Waals surface area contributed by atoms with E-state index >= 15 is 0 Å². The van der Waals surface area contributed by atoms with Crippen molar-refractivity contribution in [2.75, 3.05) is 0 Å². The second-order valence-corrected chi connectivity index (χ2v) is 3.08. The lowest BCUT2D eigenvalue weighted by Crippen LogP contribution is -2.12. The first kappa shape index (κ1) is 9.22. The zero-order valence-electron chi connectivity index (χ0n) is 7.90. The van der Waals surface area contributed by atoms with E-state index in [-0.39, 0.29) is 0 Å². The van der Waals surface area contributed by atoms with Crippen molar-refractivity contribution < 1.29 is 4.79 Å². The van der Waals surface area contributed by atoms with Gasteiger partial charge in [0.15, 0.2) is 0 Å². The van der Waals surface area contributed by atoms with Crippen molar-refractivity contribution >= 4 is 16.8 Å². The molecule has 0 saturated carbocycles. The van der Waals surface area contributed by atoms with Crippen LogP contribution in [-0.2, 0) is 0 Å². The van der Waals surface area contributed by atoms with Crippen molar-refractivity contribution in [1.82, 2.24) is 4.98 Å². The zero-order valence-corrected chi connectivity index (χ0v) is 7.90. The first-order chi connectivity index (χ1) is 7.22. The van der Waals surface area contributed by atoms with Crippen LogP contribution in [0.25, 0.3) is 10.9 Å². The maximum atomic E-state index is 11.2. The number of aromatic nitrogens is 1. The fourth-order valence-electron chi connectivity index (χ4n) is 1.45. The van der Waals surface area contributed by atoms with E-state index < -0.39 is 5.91 Å². The molecule has 2 aromatic rings. The molecule has 2 N–H and O–H groups in total. The van der Waals surface area contributed by atoms with Gasteiger partial charge < -0.3 is 5.73 Å². The van der Waals surface area contributed by atoms with Crippen molar-refractivity contribution in [2.45, 2.75) is 0 Å². The number of nitrogens with two attached hydrogens (primary N) is 1. The maximum Gasteiger partial charge on any atom is 0.249 e. The Kier molecular flexibility index (Phi) is 2.11. The number of nitrogens with zero attached hydrogens (tertiary/aromatic N) is 1. The third-order valence-corrected chi connectivity index (χ3v) is 2.13. The highest BCUT2D eigenvalue weighted by atomic mass is 16.1. The summed E-state index contributed by atoms with van der Waals surface area (Å²) in [4.78, 5) is 15.4. The highest BCUT2D eigenvalue weighted by Gasteiger charge is 2.08. The number of para-hydroxylation sites is 1. The predicted octanol–water partition coefficient (Wildman–Crippen LogP) is 1.31. The predicted molar refractivity (Wildman–Crippen MR) is 58.2 cm³/mol.